The molecule has 0 unspecified atom stereocenters. The minimum Gasteiger partial charge on any atom is -0.343 e. The highest BCUT2D eigenvalue weighted by molar-refractivity contribution is 5.80. The van der Waals surface area contributed by atoms with Crippen molar-refractivity contribution in [3.05, 3.63) is 0 Å². The van der Waals surface area contributed by atoms with E-state index in [2.05, 4.69) is 56.3 Å². The molecule has 3 nitrogen and oxygen atoms in total. The molecular formula is C12H27N3. The maximum Gasteiger partial charge on any atom is 0.196 e. The van der Waals surface area contributed by atoms with Gasteiger partial charge in [-0.1, -0.05) is 0 Å². The van der Waals surface area contributed by atoms with Crippen LogP contribution in [0, 0.1) is 0 Å². The molecule has 0 bridgehead atoms. The number of hydrogen-bond donors (Lipinski definition) is 0. The highest BCUT2D eigenvalue weighted by Gasteiger charge is 2.25. The molecule has 0 aromatic rings. The molecule has 0 aliphatic carbocycles. The Hall–Kier alpha value is -0.730. The molecule has 0 saturated carbocycles. The topological polar surface area (TPSA) is 18.8 Å². The Morgan fingerprint density at radius 2 is 1.47 bits per heavy atom. The molecule has 3 heteroatoms. The highest BCUT2D eigenvalue weighted by atomic mass is 15.4. The second-order valence-electron chi connectivity index (χ2n) is 4.61. The van der Waals surface area contributed by atoms with Crippen molar-refractivity contribution < 1.29 is 0 Å². The van der Waals surface area contributed by atoms with Crippen LogP contribution in [0.15, 0.2) is 4.99 Å². The third kappa shape index (κ3) is 3.73. The molecule has 15 heavy (non-hydrogen) atoms. The zero-order valence-corrected chi connectivity index (χ0v) is 11.5. The minimum atomic E-state index is 0.131. The lowest BCUT2D eigenvalue weighted by Gasteiger charge is -2.41. The second-order valence-corrected chi connectivity index (χ2v) is 4.61. The summed E-state index contributed by atoms with van der Waals surface area (Å²) in [5.74, 6) is 1.11. The zero-order chi connectivity index (χ0) is 12.1. The first-order chi connectivity index (χ1) is 6.92. The monoisotopic (exact) mass is 213 g/mol. The smallest absolute Gasteiger partial charge is 0.196 e. The summed E-state index contributed by atoms with van der Waals surface area (Å²) >= 11 is 0. The minimum absolute atomic E-state index is 0.131. The first-order valence-electron chi connectivity index (χ1n) is 5.91. The van der Waals surface area contributed by atoms with Crippen LogP contribution in [0.25, 0.3) is 0 Å². The number of aliphatic imine (C=N–C) groups is 1. The predicted octanol–water partition coefficient (Wildman–Crippen LogP) is 2.43. The van der Waals surface area contributed by atoms with E-state index < -0.39 is 0 Å². The molecule has 0 spiro atoms. The van der Waals surface area contributed by atoms with Crippen LogP contribution in [0.4, 0.5) is 0 Å². The quantitative estimate of drug-likeness (QED) is 0.530. The van der Waals surface area contributed by atoms with Crippen LogP contribution in [-0.4, -0.2) is 48.0 Å². The van der Waals surface area contributed by atoms with Crippen molar-refractivity contribution in [1.82, 2.24) is 9.80 Å². The normalized spacial score (nSPS) is 12.9. The predicted molar refractivity (Wildman–Crippen MR) is 68.4 cm³/mol. The third-order valence-corrected chi connectivity index (χ3v) is 2.61. The van der Waals surface area contributed by atoms with E-state index >= 15 is 0 Å². The Morgan fingerprint density at radius 3 is 1.67 bits per heavy atom. The molecule has 0 heterocycles. The molecule has 0 atom stereocenters. The molecule has 90 valence electrons. The van der Waals surface area contributed by atoms with Crippen LogP contribution in [0.5, 0.6) is 0 Å². The van der Waals surface area contributed by atoms with E-state index in [1.54, 1.807) is 0 Å². The van der Waals surface area contributed by atoms with Crippen LogP contribution in [0.3, 0.4) is 0 Å². The Bertz CT molecular complexity index is 199. The fourth-order valence-corrected chi connectivity index (χ4v) is 1.86. The number of nitrogens with zero attached hydrogens (tertiary/aromatic N) is 3. The van der Waals surface area contributed by atoms with Gasteiger partial charge in [-0.2, -0.15) is 0 Å². The van der Waals surface area contributed by atoms with Gasteiger partial charge in [0.2, 0.25) is 0 Å². The van der Waals surface area contributed by atoms with E-state index in [-0.39, 0.29) is 5.54 Å². The lowest BCUT2D eigenvalue weighted by atomic mass is 10.1. The van der Waals surface area contributed by atoms with Crippen molar-refractivity contribution in [2.75, 3.05) is 26.7 Å². The van der Waals surface area contributed by atoms with Gasteiger partial charge in [0, 0.05) is 32.2 Å². The summed E-state index contributed by atoms with van der Waals surface area (Å²) in [5.41, 5.74) is 0.131. The number of guanidine groups is 1. The van der Waals surface area contributed by atoms with E-state index in [1.807, 2.05) is 7.05 Å². The van der Waals surface area contributed by atoms with Crippen molar-refractivity contribution in [2.45, 2.75) is 47.1 Å². The molecule has 0 aliphatic rings. The van der Waals surface area contributed by atoms with Gasteiger partial charge in [-0.3, -0.25) is 4.99 Å². The molecule has 0 radical (unpaired) electrons. The van der Waals surface area contributed by atoms with Gasteiger partial charge in [-0.15, -0.1) is 0 Å². The largest absolute Gasteiger partial charge is 0.343 e. The van der Waals surface area contributed by atoms with Crippen molar-refractivity contribution in [1.29, 1.82) is 0 Å². The summed E-state index contributed by atoms with van der Waals surface area (Å²) in [6.45, 7) is 16.2. The molecule has 0 aromatic heterocycles. The zero-order valence-electron chi connectivity index (χ0n) is 11.5. The van der Waals surface area contributed by atoms with E-state index in [0.29, 0.717) is 0 Å². The fourth-order valence-electron chi connectivity index (χ4n) is 1.86. The third-order valence-electron chi connectivity index (χ3n) is 2.61. The van der Waals surface area contributed by atoms with Gasteiger partial charge in [0.05, 0.1) is 0 Å². The lowest BCUT2D eigenvalue weighted by Crippen LogP contribution is -2.52. The van der Waals surface area contributed by atoms with E-state index in [1.165, 1.54) is 0 Å². The SMILES string of the molecule is CCN(CC)C(=NC)N(CC)C(C)(C)C. The van der Waals surface area contributed by atoms with Gasteiger partial charge in [-0.05, 0) is 41.5 Å². The van der Waals surface area contributed by atoms with Gasteiger partial charge in [-0.25, -0.2) is 0 Å². The van der Waals surface area contributed by atoms with Crippen molar-refractivity contribution >= 4 is 5.96 Å². The lowest BCUT2D eigenvalue weighted by molar-refractivity contribution is 0.212. The van der Waals surface area contributed by atoms with E-state index in [0.717, 1.165) is 25.6 Å². The molecule has 0 aromatic carbocycles. The first kappa shape index (κ1) is 14.3. The maximum atomic E-state index is 4.44. The highest BCUT2D eigenvalue weighted by Crippen LogP contribution is 2.15. The molecule has 0 aliphatic heterocycles. The second kappa shape index (κ2) is 5.99. The summed E-state index contributed by atoms with van der Waals surface area (Å²) in [5, 5.41) is 0. The summed E-state index contributed by atoms with van der Waals surface area (Å²) in [6.07, 6.45) is 0. The molecular weight excluding hydrogens is 186 g/mol. The molecule has 0 fully saturated rings. The summed E-state index contributed by atoms with van der Waals surface area (Å²) < 4.78 is 0. The summed E-state index contributed by atoms with van der Waals surface area (Å²) in [6, 6.07) is 0. The van der Waals surface area contributed by atoms with Gasteiger partial charge in [0.25, 0.3) is 0 Å². The van der Waals surface area contributed by atoms with E-state index in [4.69, 9.17) is 0 Å². The van der Waals surface area contributed by atoms with Crippen molar-refractivity contribution in [3.63, 3.8) is 0 Å². The van der Waals surface area contributed by atoms with Crippen LogP contribution in [-0.2, 0) is 0 Å². The Kier molecular flexibility index (Phi) is 5.69. The average Bonchev–Trinajstić information content (AvgIpc) is 2.16. The van der Waals surface area contributed by atoms with Crippen LogP contribution in [0.1, 0.15) is 41.5 Å². The van der Waals surface area contributed by atoms with Crippen molar-refractivity contribution in [3.8, 4) is 0 Å². The molecule has 0 rings (SSSR count). The summed E-state index contributed by atoms with van der Waals surface area (Å²) in [4.78, 5) is 9.08. The molecule has 0 amide bonds. The molecule has 0 saturated heterocycles. The first-order valence-corrected chi connectivity index (χ1v) is 5.91. The van der Waals surface area contributed by atoms with E-state index in [9.17, 15) is 0 Å². The van der Waals surface area contributed by atoms with Gasteiger partial charge >= 0.3 is 0 Å². The number of rotatable bonds is 3. The number of hydrogen-bond acceptors (Lipinski definition) is 1. The van der Waals surface area contributed by atoms with Gasteiger partial charge in [0.1, 0.15) is 0 Å². The Balaban J connectivity index is 4.93. The fraction of sp³-hybridized carbons (Fsp3) is 0.917. The maximum absolute atomic E-state index is 4.44. The van der Waals surface area contributed by atoms with Crippen LogP contribution in [0.2, 0.25) is 0 Å². The molecule has 0 N–H and O–H groups in total. The Labute approximate surface area is 95.2 Å². The van der Waals surface area contributed by atoms with Gasteiger partial charge in [0.15, 0.2) is 5.96 Å². The average molecular weight is 213 g/mol. The summed E-state index contributed by atoms with van der Waals surface area (Å²) in [7, 11) is 1.88. The Morgan fingerprint density at radius 1 is 1.00 bits per heavy atom. The van der Waals surface area contributed by atoms with Crippen molar-refractivity contribution in [2.24, 2.45) is 4.99 Å². The van der Waals surface area contributed by atoms with Gasteiger partial charge < -0.3 is 9.80 Å². The van der Waals surface area contributed by atoms with Crippen LogP contribution < -0.4 is 0 Å². The standard InChI is InChI=1S/C12H27N3/c1-8-14(9-2)11(13-7)15(10-3)12(4,5)6/h8-10H2,1-7H3. The van der Waals surface area contributed by atoms with Crippen LogP contribution >= 0.6 is 0 Å².